The molecule has 1 aliphatic rings. The van der Waals surface area contributed by atoms with E-state index in [1.807, 2.05) is 0 Å². The maximum Gasteiger partial charge on any atom is 0.598 e. The van der Waals surface area contributed by atoms with Crippen molar-refractivity contribution in [2.24, 2.45) is 5.92 Å². The van der Waals surface area contributed by atoms with Crippen LogP contribution in [0.4, 0.5) is 0 Å². The molecule has 0 amide bonds. The van der Waals surface area contributed by atoms with Gasteiger partial charge in [-0.1, -0.05) is 72.8 Å². The first kappa shape index (κ1) is 28.7. The van der Waals surface area contributed by atoms with E-state index < -0.39 is 15.4 Å². The molecule has 0 bridgehead atoms. The SMILES string of the molecule is CC(C)[Si](OC/C=C/C=C/C[C@@H](C)CCB1OC(=O)CN(C)CC(=O)O1)(C(C)C)C(C)C. The van der Waals surface area contributed by atoms with Gasteiger partial charge in [0.05, 0.1) is 19.7 Å². The van der Waals surface area contributed by atoms with Crippen LogP contribution in [-0.4, -0.2) is 59.0 Å². The third-order valence-corrected chi connectivity index (χ3v) is 12.4. The molecule has 1 heterocycles. The number of allylic oxidation sites excluding steroid dienone is 3. The number of likely N-dealkylation sites (N-methyl/N-ethyl adjacent to an activating group) is 1. The van der Waals surface area contributed by atoms with Crippen molar-refractivity contribution in [2.75, 3.05) is 26.7 Å². The van der Waals surface area contributed by atoms with Crippen molar-refractivity contribution in [3.63, 3.8) is 0 Å². The molecule has 1 atom stereocenters. The summed E-state index contributed by atoms with van der Waals surface area (Å²) < 4.78 is 17.1. The Bertz CT molecular complexity index is 609. The van der Waals surface area contributed by atoms with Gasteiger partial charge in [0, 0.05) is 6.32 Å². The van der Waals surface area contributed by atoms with Crippen LogP contribution in [0.5, 0.6) is 0 Å². The van der Waals surface area contributed by atoms with Crippen molar-refractivity contribution in [1.29, 1.82) is 0 Å². The zero-order chi connectivity index (χ0) is 24.3. The van der Waals surface area contributed by atoms with E-state index in [0.29, 0.717) is 35.5 Å². The highest BCUT2D eigenvalue weighted by Crippen LogP contribution is 2.42. The van der Waals surface area contributed by atoms with Gasteiger partial charge in [0.25, 0.3) is 0 Å². The molecule has 1 rings (SSSR count). The summed E-state index contributed by atoms with van der Waals surface area (Å²) in [4.78, 5) is 25.2. The highest BCUT2D eigenvalue weighted by atomic mass is 28.4. The highest BCUT2D eigenvalue weighted by molar-refractivity contribution is 6.77. The molecule has 0 aromatic heterocycles. The zero-order valence-corrected chi connectivity index (χ0v) is 22.4. The van der Waals surface area contributed by atoms with E-state index in [9.17, 15) is 9.59 Å². The van der Waals surface area contributed by atoms with Gasteiger partial charge in [0.1, 0.15) is 0 Å². The zero-order valence-electron chi connectivity index (χ0n) is 21.4. The lowest BCUT2D eigenvalue weighted by Gasteiger charge is -2.41. The van der Waals surface area contributed by atoms with Crippen LogP contribution in [0.1, 0.15) is 61.3 Å². The number of hydrogen-bond donors (Lipinski definition) is 0. The van der Waals surface area contributed by atoms with E-state index >= 15 is 0 Å². The molecular formula is C24H44BNO5Si. The Labute approximate surface area is 197 Å². The summed E-state index contributed by atoms with van der Waals surface area (Å²) in [6.07, 6.45) is 10.6. The third kappa shape index (κ3) is 9.24. The van der Waals surface area contributed by atoms with Crippen LogP contribution in [0.15, 0.2) is 24.3 Å². The molecule has 0 N–H and O–H groups in total. The summed E-state index contributed by atoms with van der Waals surface area (Å²) in [5.74, 6) is -0.321. The van der Waals surface area contributed by atoms with Gasteiger partial charge < -0.3 is 13.7 Å². The van der Waals surface area contributed by atoms with E-state index in [-0.39, 0.29) is 25.0 Å². The van der Waals surface area contributed by atoms with Gasteiger partial charge in [-0.3, -0.25) is 14.5 Å². The maximum absolute atomic E-state index is 11.8. The topological polar surface area (TPSA) is 65.1 Å². The number of rotatable bonds is 12. The molecule has 1 fully saturated rings. The first-order valence-corrected chi connectivity index (χ1v) is 14.2. The minimum absolute atomic E-state index is 0.106. The molecule has 1 aliphatic heterocycles. The van der Waals surface area contributed by atoms with Gasteiger partial charge >= 0.3 is 19.1 Å². The number of nitrogens with zero attached hydrogens (tertiary/aromatic N) is 1. The number of hydrogen-bond acceptors (Lipinski definition) is 6. The van der Waals surface area contributed by atoms with Crippen LogP contribution in [0.25, 0.3) is 0 Å². The van der Waals surface area contributed by atoms with E-state index in [1.165, 1.54) is 0 Å². The van der Waals surface area contributed by atoms with Gasteiger partial charge in [-0.05, 0) is 42.4 Å². The Morgan fingerprint density at radius 1 is 0.938 bits per heavy atom. The summed E-state index contributed by atoms with van der Waals surface area (Å²) in [6.45, 7) is 16.8. The Kier molecular flexibility index (Phi) is 12.5. The Hall–Kier alpha value is -1.38. The highest BCUT2D eigenvalue weighted by Gasteiger charge is 2.44. The Morgan fingerprint density at radius 2 is 1.44 bits per heavy atom. The van der Waals surface area contributed by atoms with Crippen LogP contribution < -0.4 is 0 Å². The van der Waals surface area contributed by atoms with Crippen molar-refractivity contribution < 1.29 is 23.3 Å². The van der Waals surface area contributed by atoms with Crippen molar-refractivity contribution in [1.82, 2.24) is 4.90 Å². The summed E-state index contributed by atoms with van der Waals surface area (Å²) in [7, 11) is -0.900. The second-order valence-corrected chi connectivity index (χ2v) is 15.4. The van der Waals surface area contributed by atoms with E-state index in [0.717, 1.165) is 12.8 Å². The molecular weight excluding hydrogens is 421 g/mol. The molecule has 6 nitrogen and oxygen atoms in total. The van der Waals surface area contributed by atoms with Crippen molar-refractivity contribution >= 4 is 27.4 Å². The summed E-state index contributed by atoms with van der Waals surface area (Å²) >= 11 is 0. The molecule has 1 saturated heterocycles. The van der Waals surface area contributed by atoms with Crippen molar-refractivity contribution in [3.05, 3.63) is 24.3 Å². The number of carbonyl (C=O) groups excluding carboxylic acids is 2. The van der Waals surface area contributed by atoms with Crippen LogP contribution in [0, 0.1) is 5.92 Å². The molecule has 182 valence electrons. The lowest BCUT2D eigenvalue weighted by molar-refractivity contribution is -0.145. The van der Waals surface area contributed by atoms with Gasteiger partial charge in [0.2, 0.25) is 8.32 Å². The average Bonchev–Trinajstić information content (AvgIpc) is 2.65. The van der Waals surface area contributed by atoms with Crippen molar-refractivity contribution in [3.8, 4) is 0 Å². The fourth-order valence-electron chi connectivity index (χ4n) is 4.76. The average molecular weight is 466 g/mol. The monoisotopic (exact) mass is 465 g/mol. The molecule has 8 heteroatoms. The molecule has 0 spiro atoms. The molecule has 0 aromatic carbocycles. The van der Waals surface area contributed by atoms with Crippen molar-refractivity contribution in [2.45, 2.75) is 84.3 Å². The van der Waals surface area contributed by atoms with Gasteiger partial charge in [-0.2, -0.15) is 0 Å². The quantitative estimate of drug-likeness (QED) is 0.291. The van der Waals surface area contributed by atoms with E-state index in [2.05, 4.69) is 72.8 Å². The lowest BCUT2D eigenvalue weighted by atomic mass is 9.79. The predicted octanol–water partition coefficient (Wildman–Crippen LogP) is 5.23. The minimum Gasteiger partial charge on any atom is -0.498 e. The van der Waals surface area contributed by atoms with E-state index in [1.54, 1.807) is 11.9 Å². The molecule has 0 saturated carbocycles. The van der Waals surface area contributed by atoms with Gasteiger partial charge in [0.15, 0.2) is 0 Å². The van der Waals surface area contributed by atoms with Gasteiger partial charge in [-0.25, -0.2) is 0 Å². The predicted molar refractivity (Wildman–Crippen MR) is 134 cm³/mol. The fraction of sp³-hybridized carbons (Fsp3) is 0.750. The maximum atomic E-state index is 11.8. The summed E-state index contributed by atoms with van der Waals surface area (Å²) in [5.41, 5.74) is 1.76. The molecule has 0 radical (unpaired) electrons. The van der Waals surface area contributed by atoms with Crippen LogP contribution in [-0.2, 0) is 23.3 Å². The Morgan fingerprint density at radius 3 is 1.94 bits per heavy atom. The second kappa shape index (κ2) is 14.0. The minimum atomic E-state index is -1.81. The third-order valence-electron chi connectivity index (χ3n) is 6.28. The van der Waals surface area contributed by atoms with Crippen LogP contribution >= 0.6 is 0 Å². The normalized spacial score (nSPS) is 18.0. The molecule has 0 unspecified atom stereocenters. The van der Waals surface area contributed by atoms with E-state index in [4.69, 9.17) is 13.7 Å². The summed E-state index contributed by atoms with van der Waals surface area (Å²) in [5, 5.41) is 0. The fourth-order valence-corrected chi connectivity index (χ4v) is 10.1. The molecule has 32 heavy (non-hydrogen) atoms. The number of carbonyl (C=O) groups is 2. The smallest absolute Gasteiger partial charge is 0.498 e. The summed E-state index contributed by atoms with van der Waals surface area (Å²) in [6, 6.07) is 0. The van der Waals surface area contributed by atoms with Gasteiger partial charge in [-0.15, -0.1) is 0 Å². The molecule has 0 aliphatic carbocycles. The largest absolute Gasteiger partial charge is 0.598 e. The Balaban J connectivity index is 2.40. The standard InChI is InChI=1S/C24H44BNO5Si/c1-19(2)32(20(3)4,21(5)6)29-16-12-10-9-11-13-22(7)14-15-25-30-23(27)17-26(8)18-24(28)31-25/h9-12,19-22H,13-18H2,1-8H3/b11-9+,12-10+/t22-/m1/s1. The first-order chi connectivity index (χ1) is 15.0. The van der Waals surface area contributed by atoms with Crippen LogP contribution in [0.2, 0.25) is 22.9 Å². The molecule has 0 aromatic rings. The second-order valence-electron chi connectivity index (χ2n) is 9.98. The lowest BCUT2D eigenvalue weighted by Crippen LogP contribution is -2.47. The van der Waals surface area contributed by atoms with Crippen LogP contribution in [0.3, 0.4) is 0 Å². The first-order valence-electron chi connectivity index (χ1n) is 12.0.